The molecule has 0 aliphatic heterocycles. The van der Waals surface area contributed by atoms with Crippen molar-refractivity contribution in [2.45, 2.75) is 630 Å². The lowest BCUT2D eigenvalue weighted by molar-refractivity contribution is -0.169. The van der Waals surface area contributed by atoms with E-state index in [0.29, 0.717) is 48.1 Å². The molecule has 0 radical (unpaired) electrons. The first-order chi connectivity index (χ1) is 66.1. The molecular formula is C119H212N6O12. The molecule has 6 amide bonds. The molecule has 13 saturated carbocycles. The summed E-state index contributed by atoms with van der Waals surface area (Å²) >= 11 is 0. The van der Waals surface area contributed by atoms with Crippen molar-refractivity contribution in [3.8, 4) is 0 Å². The molecule has 0 saturated heterocycles. The van der Waals surface area contributed by atoms with Gasteiger partial charge in [0.1, 0.15) is 34.1 Å². The van der Waals surface area contributed by atoms with Crippen LogP contribution in [0.5, 0.6) is 0 Å². The molecule has 1 unspecified atom stereocenters. The van der Waals surface area contributed by atoms with Crippen LogP contribution in [-0.4, -0.2) is 135 Å². The predicted molar refractivity (Wildman–Crippen MR) is 566 cm³/mol. The van der Waals surface area contributed by atoms with Gasteiger partial charge in [0.25, 0.3) is 0 Å². The Bertz CT molecular complexity index is 3290. The van der Waals surface area contributed by atoms with Gasteiger partial charge in [-0.3, -0.25) is 0 Å². The molecule has 137 heavy (non-hydrogen) atoms. The number of carbonyl (C=O) groups is 6. The molecule has 18 heteroatoms. The topological polar surface area (TPSA) is 204 Å². The number of rotatable bonds is 42. The van der Waals surface area contributed by atoms with E-state index in [1.807, 2.05) is 58.0 Å². The molecule has 0 aromatic heterocycles. The number of carbonyl (C=O) groups excluding carboxylic acids is 6. The highest BCUT2D eigenvalue weighted by molar-refractivity contribution is 5.71. The number of nitrogens with zero attached hydrogens (tertiary/aromatic N) is 3. The van der Waals surface area contributed by atoms with Gasteiger partial charge in [-0.2, -0.15) is 0 Å². The number of unbranched alkanes of at least 4 members (excludes halogenated alkanes) is 18. The highest BCUT2D eigenvalue weighted by Crippen LogP contribution is 2.65. The van der Waals surface area contributed by atoms with Crippen molar-refractivity contribution in [3.63, 3.8) is 0 Å². The summed E-state index contributed by atoms with van der Waals surface area (Å²) in [6.07, 6.45) is 88.5. The van der Waals surface area contributed by atoms with E-state index in [-0.39, 0.29) is 76.1 Å². The summed E-state index contributed by atoms with van der Waals surface area (Å²) in [7, 11) is 0. The normalized spacial score (nSPS) is 22.8. The van der Waals surface area contributed by atoms with Gasteiger partial charge >= 0.3 is 36.6 Å². The van der Waals surface area contributed by atoms with E-state index in [4.69, 9.17) is 28.4 Å². The number of benzene rings is 1. The second-order valence-corrected chi connectivity index (χ2v) is 47.5. The number of hydrogen-bond acceptors (Lipinski definition) is 12. The van der Waals surface area contributed by atoms with Gasteiger partial charge in [-0.25, -0.2) is 28.8 Å². The molecule has 1 aromatic rings. The van der Waals surface area contributed by atoms with Crippen molar-refractivity contribution in [2.24, 2.45) is 35.0 Å². The smallest absolute Gasteiger partial charge is 0.410 e. The Morgan fingerprint density at radius 2 is 0.635 bits per heavy atom. The van der Waals surface area contributed by atoms with E-state index >= 15 is 0 Å². The average Bonchev–Trinajstić information content (AvgIpc) is 0.809. The minimum Gasteiger partial charge on any atom is -0.444 e. The predicted octanol–water partition coefficient (Wildman–Crippen LogP) is 34.7. The van der Waals surface area contributed by atoms with E-state index in [2.05, 4.69) is 99.9 Å². The summed E-state index contributed by atoms with van der Waals surface area (Å²) in [5, 5.41) is 8.64. The molecule has 18 nitrogen and oxygen atoms in total. The minimum atomic E-state index is -0.357. The van der Waals surface area contributed by atoms with Crippen LogP contribution in [0, 0.1) is 35.0 Å². The maximum Gasteiger partial charge on any atom is 0.410 e. The van der Waals surface area contributed by atoms with E-state index < -0.39 is 0 Å². The van der Waals surface area contributed by atoms with E-state index in [9.17, 15) is 28.8 Å². The van der Waals surface area contributed by atoms with Gasteiger partial charge in [0, 0.05) is 61.3 Å². The highest BCUT2D eigenvalue weighted by Gasteiger charge is 2.59. The quantitative estimate of drug-likeness (QED) is 0.0413. The lowest BCUT2D eigenvalue weighted by Crippen LogP contribution is -2.59. The Morgan fingerprint density at radius 1 is 0.343 bits per heavy atom. The lowest BCUT2D eigenvalue weighted by atomic mass is 9.46. The van der Waals surface area contributed by atoms with Gasteiger partial charge in [-0.15, -0.1) is 0 Å². The lowest BCUT2D eigenvalue weighted by Gasteiger charge is -2.61. The zero-order valence-corrected chi connectivity index (χ0v) is 91.1. The SMILES string of the molecule is CC(C)(OC(=O)N(C1CCCCC1)C1CCCCC1)C12CC3CC(CC(C3)C1)C2.CC(C)(OC(=O)N(C1CCCCC1)C1CCCCC1)C1CCCC1.CC(OC(=O)N(C1CCCCC1)C1CCCCC1)c1ccccc1.CCCCCCCCCNC(=O)OC(C)(C)C1CCCCC1.CCCCCCCCCNC(=O)OC(C)(C)CC.CCCCCCCCCNC(=O)OC1(CC)CCCC1. The van der Waals surface area contributed by atoms with Gasteiger partial charge in [-0.1, -0.05) is 328 Å². The maximum absolute atomic E-state index is 13.8. The number of amides is 6. The zero-order chi connectivity index (χ0) is 98.6. The van der Waals surface area contributed by atoms with Crippen molar-refractivity contribution in [3.05, 3.63) is 35.9 Å². The van der Waals surface area contributed by atoms with Gasteiger partial charge in [0.2, 0.25) is 0 Å². The highest BCUT2D eigenvalue weighted by atomic mass is 16.6. The molecule has 0 heterocycles. The van der Waals surface area contributed by atoms with Crippen LogP contribution in [0.1, 0.15) is 571 Å². The van der Waals surface area contributed by atoms with Crippen LogP contribution in [0.4, 0.5) is 28.8 Å². The first kappa shape index (κ1) is 117. The second kappa shape index (κ2) is 63.9. The van der Waals surface area contributed by atoms with Crippen LogP contribution in [-0.2, 0) is 28.4 Å². The molecule has 13 fully saturated rings. The summed E-state index contributed by atoms with van der Waals surface area (Å²) in [5.41, 5.74) is -0.184. The molecule has 3 N–H and O–H groups in total. The third kappa shape index (κ3) is 41.8. The first-order valence-electron chi connectivity index (χ1n) is 59.1. The van der Waals surface area contributed by atoms with Gasteiger partial charge < -0.3 is 59.1 Å². The molecule has 13 aliphatic rings. The Kier molecular flexibility index (Phi) is 54.6. The third-order valence-corrected chi connectivity index (χ3v) is 35.1. The van der Waals surface area contributed by atoms with Gasteiger partial charge in [0.05, 0.1) is 0 Å². The van der Waals surface area contributed by atoms with Gasteiger partial charge in [-0.05, 0) is 297 Å². The first-order valence-corrected chi connectivity index (χ1v) is 59.1. The van der Waals surface area contributed by atoms with E-state index in [0.717, 1.165) is 114 Å². The number of ether oxygens (including phenoxy) is 6. The summed E-state index contributed by atoms with van der Waals surface area (Å²) in [4.78, 5) is 81.8. The number of alkyl carbamates (subject to hydrolysis) is 3. The summed E-state index contributed by atoms with van der Waals surface area (Å²) < 4.78 is 35.3. The minimum absolute atomic E-state index is 0.00861. The van der Waals surface area contributed by atoms with Crippen LogP contribution >= 0.6 is 0 Å². The average molecular weight is 1920 g/mol. The Hall–Kier alpha value is -5.16. The molecule has 790 valence electrons. The van der Waals surface area contributed by atoms with Crippen LogP contribution in [0.15, 0.2) is 30.3 Å². The van der Waals surface area contributed by atoms with Crippen LogP contribution in [0.2, 0.25) is 0 Å². The Morgan fingerprint density at radius 3 is 0.971 bits per heavy atom. The van der Waals surface area contributed by atoms with Crippen molar-refractivity contribution in [1.82, 2.24) is 30.7 Å². The molecule has 1 aromatic carbocycles. The van der Waals surface area contributed by atoms with Crippen LogP contribution in [0.3, 0.4) is 0 Å². The maximum atomic E-state index is 13.8. The van der Waals surface area contributed by atoms with Crippen molar-refractivity contribution < 1.29 is 57.2 Å². The fourth-order valence-corrected chi connectivity index (χ4v) is 26.3. The number of hydrogen-bond donors (Lipinski definition) is 3. The monoisotopic (exact) mass is 1920 g/mol. The summed E-state index contributed by atoms with van der Waals surface area (Å²) in [6.45, 7) is 31.9. The largest absolute Gasteiger partial charge is 0.444 e. The summed E-state index contributed by atoms with van der Waals surface area (Å²) in [6, 6.07) is 12.5. The van der Waals surface area contributed by atoms with E-state index in [1.165, 1.54) is 392 Å². The molecule has 13 aliphatic carbocycles. The molecule has 14 rings (SSSR count). The molecular weight excluding hydrogens is 1710 g/mol. The number of nitrogens with one attached hydrogen (secondary N) is 3. The third-order valence-electron chi connectivity index (χ3n) is 35.1. The van der Waals surface area contributed by atoms with Crippen molar-refractivity contribution in [1.29, 1.82) is 0 Å². The molecule has 4 bridgehead atoms. The molecule has 0 spiro atoms. The van der Waals surface area contributed by atoms with Crippen molar-refractivity contribution in [2.75, 3.05) is 19.6 Å². The Labute approximate surface area is 839 Å². The second-order valence-electron chi connectivity index (χ2n) is 47.5. The van der Waals surface area contributed by atoms with Gasteiger partial charge in [0.15, 0.2) is 0 Å². The van der Waals surface area contributed by atoms with Crippen LogP contribution in [0.25, 0.3) is 0 Å². The fraction of sp³-hybridized carbons (Fsp3) is 0.899. The zero-order valence-electron chi connectivity index (χ0n) is 91.1. The van der Waals surface area contributed by atoms with Crippen LogP contribution < -0.4 is 16.0 Å². The fourth-order valence-electron chi connectivity index (χ4n) is 26.3. The molecule has 1 atom stereocenters. The standard InChI is InChI=1S/C26H43NO2.C21H37NO2.C21H31NO2.C19H37NO2.C17H33NO2.C15H31NO2/c1-25(2,26-16-19-13-20(17-26)15-21(14-19)18-26)29-24(28)27(22-9-5-3-6-10-22)23-11-7-4-8-12-23;1-21(2,17-11-9-10-12-17)24-20(23)22(18-13-5-3-6-14-18)19-15-7-4-8-16-19;1-17(18-11-5-2-6-12-18)24-21(23)22(19-13-7-3-8-14-19)20-15-9-4-10-16-20;1-4-5-6-7-8-9-13-16-20-18(21)22-19(2,3)17-14-11-10-12-15-17;1-3-5-6-7-8-9-12-15-18-16(19)20-17(4-2)13-10-11-14-17;1-5-7-8-9-10-11-12-13-16-14(17)18-15(3,4)6-2/h19-23H,3-18H2,1-2H3;17-19H,3-16H2,1-2H3;2,5-6,11-12,17,19-20H,3-4,7-10,13-16H2,1H3;17H,4-16H2,1-3H3,(H,20,21);3-15H2,1-2H3,(H,18,19);5-13H2,1-4H3,(H,16,17). The summed E-state index contributed by atoms with van der Waals surface area (Å²) in [5.74, 6) is 3.75. The van der Waals surface area contributed by atoms with Crippen molar-refractivity contribution >= 4 is 36.6 Å². The Balaban J connectivity index is 0.000000203. The van der Waals surface area contributed by atoms with E-state index in [1.54, 1.807) is 0 Å².